The molecule has 0 aliphatic heterocycles. The maximum absolute atomic E-state index is 12.5. The Morgan fingerprint density at radius 3 is 2.60 bits per heavy atom. The molecule has 0 N–H and O–H groups in total. The van der Waals surface area contributed by atoms with E-state index in [4.69, 9.17) is 4.74 Å². The molecule has 0 unspecified atom stereocenters. The molecular weight excluding hydrogens is 268 g/mol. The molecular formula is C14H11F2NO3. The lowest BCUT2D eigenvalue weighted by molar-refractivity contribution is -0.0515. The van der Waals surface area contributed by atoms with Gasteiger partial charge in [-0.1, -0.05) is 12.1 Å². The monoisotopic (exact) mass is 279 g/mol. The number of aromatic nitrogens is 1. The highest BCUT2D eigenvalue weighted by atomic mass is 19.3. The molecule has 0 amide bonds. The average molecular weight is 279 g/mol. The number of halogens is 2. The molecule has 0 aliphatic carbocycles. The molecule has 4 nitrogen and oxygen atoms in total. The summed E-state index contributed by atoms with van der Waals surface area (Å²) in [5.41, 5.74) is 0.114. The van der Waals surface area contributed by atoms with Gasteiger partial charge in [0.1, 0.15) is 5.69 Å². The molecule has 1 aromatic heterocycles. The van der Waals surface area contributed by atoms with Gasteiger partial charge in [-0.2, -0.15) is 8.78 Å². The minimum atomic E-state index is -3.05. The number of para-hydroxylation sites is 1. The Balaban J connectivity index is 2.48. The standard InChI is InChI=1S/C14H11F2NO3/c1-19-11-7-4-5-9(13(11)20-14(15)16)12(18)10-6-2-3-8-17-10/h2-8,14H,1H3. The van der Waals surface area contributed by atoms with Crippen molar-refractivity contribution in [2.45, 2.75) is 6.61 Å². The van der Waals surface area contributed by atoms with Crippen LogP contribution >= 0.6 is 0 Å². The second-order valence-corrected chi connectivity index (χ2v) is 3.76. The number of hydrogen-bond donors (Lipinski definition) is 0. The van der Waals surface area contributed by atoms with E-state index in [-0.39, 0.29) is 22.8 Å². The predicted molar refractivity (Wildman–Crippen MR) is 67.3 cm³/mol. The van der Waals surface area contributed by atoms with Crippen LogP contribution in [0.15, 0.2) is 42.6 Å². The van der Waals surface area contributed by atoms with Crippen molar-refractivity contribution in [3.05, 3.63) is 53.9 Å². The van der Waals surface area contributed by atoms with Crippen molar-refractivity contribution in [3.8, 4) is 11.5 Å². The summed E-state index contributed by atoms with van der Waals surface area (Å²) < 4.78 is 34.3. The average Bonchev–Trinajstić information content (AvgIpc) is 2.47. The SMILES string of the molecule is COc1cccc(C(=O)c2ccccn2)c1OC(F)F. The van der Waals surface area contributed by atoms with E-state index in [1.807, 2.05) is 0 Å². The third-order valence-corrected chi connectivity index (χ3v) is 2.55. The fourth-order valence-electron chi connectivity index (χ4n) is 1.70. The van der Waals surface area contributed by atoms with Gasteiger partial charge in [0, 0.05) is 6.20 Å². The molecule has 0 bridgehead atoms. The first-order chi connectivity index (χ1) is 9.63. The maximum Gasteiger partial charge on any atom is 0.387 e. The van der Waals surface area contributed by atoms with Crippen LogP contribution in [0.5, 0.6) is 11.5 Å². The third-order valence-electron chi connectivity index (χ3n) is 2.55. The third kappa shape index (κ3) is 2.90. The normalized spacial score (nSPS) is 10.4. The number of ether oxygens (including phenoxy) is 2. The molecule has 0 atom stereocenters. The molecule has 2 rings (SSSR count). The van der Waals surface area contributed by atoms with Crippen LogP contribution in [0, 0.1) is 0 Å². The van der Waals surface area contributed by atoms with Crippen LogP contribution in [0.1, 0.15) is 16.1 Å². The van der Waals surface area contributed by atoms with E-state index in [1.54, 1.807) is 12.1 Å². The maximum atomic E-state index is 12.5. The zero-order valence-electron chi connectivity index (χ0n) is 10.5. The smallest absolute Gasteiger partial charge is 0.387 e. The number of carbonyl (C=O) groups is 1. The Hall–Kier alpha value is -2.50. The molecule has 20 heavy (non-hydrogen) atoms. The molecule has 0 spiro atoms. The summed E-state index contributed by atoms with van der Waals surface area (Å²) in [6.07, 6.45) is 1.45. The molecule has 2 aromatic rings. The molecule has 1 heterocycles. The van der Waals surface area contributed by atoms with E-state index >= 15 is 0 Å². The summed E-state index contributed by atoms with van der Waals surface area (Å²) in [5.74, 6) is -0.743. The highest BCUT2D eigenvalue weighted by Gasteiger charge is 2.21. The summed E-state index contributed by atoms with van der Waals surface area (Å²) >= 11 is 0. The van der Waals surface area contributed by atoms with Crippen molar-refractivity contribution >= 4 is 5.78 Å². The fraction of sp³-hybridized carbons (Fsp3) is 0.143. The first kappa shape index (κ1) is 13.9. The molecule has 6 heteroatoms. The zero-order valence-corrected chi connectivity index (χ0v) is 10.5. The summed E-state index contributed by atoms with van der Waals surface area (Å²) in [5, 5.41) is 0. The van der Waals surface area contributed by atoms with Gasteiger partial charge in [-0.3, -0.25) is 9.78 Å². The Morgan fingerprint density at radius 2 is 2.00 bits per heavy atom. The number of ketones is 1. The van der Waals surface area contributed by atoms with Crippen molar-refractivity contribution in [1.29, 1.82) is 0 Å². The molecule has 0 radical (unpaired) electrons. The number of methoxy groups -OCH3 is 1. The minimum Gasteiger partial charge on any atom is -0.493 e. The summed E-state index contributed by atoms with van der Waals surface area (Å²) in [6.45, 7) is -3.05. The van der Waals surface area contributed by atoms with Gasteiger partial charge < -0.3 is 9.47 Å². The number of nitrogens with zero attached hydrogens (tertiary/aromatic N) is 1. The van der Waals surface area contributed by atoms with Crippen LogP contribution in [-0.4, -0.2) is 24.5 Å². The second kappa shape index (κ2) is 6.10. The quantitative estimate of drug-likeness (QED) is 0.790. The Bertz CT molecular complexity index is 603. The zero-order chi connectivity index (χ0) is 14.5. The van der Waals surface area contributed by atoms with E-state index in [9.17, 15) is 13.6 Å². The van der Waals surface area contributed by atoms with Gasteiger partial charge in [0.05, 0.1) is 12.7 Å². The highest BCUT2D eigenvalue weighted by Crippen LogP contribution is 2.33. The number of benzene rings is 1. The van der Waals surface area contributed by atoms with E-state index in [2.05, 4.69) is 9.72 Å². The minimum absolute atomic E-state index is 0.0247. The number of rotatable bonds is 5. The second-order valence-electron chi connectivity index (χ2n) is 3.76. The van der Waals surface area contributed by atoms with Crippen LogP contribution in [0.4, 0.5) is 8.78 Å². The number of alkyl halides is 2. The van der Waals surface area contributed by atoms with Gasteiger partial charge in [-0.05, 0) is 24.3 Å². The van der Waals surface area contributed by atoms with E-state index in [0.717, 1.165) is 0 Å². The summed E-state index contributed by atoms with van der Waals surface area (Å²) in [6, 6.07) is 9.12. The Kier molecular flexibility index (Phi) is 4.24. The van der Waals surface area contributed by atoms with E-state index in [0.29, 0.717) is 0 Å². The van der Waals surface area contributed by atoms with Crippen LogP contribution in [0.2, 0.25) is 0 Å². The van der Waals surface area contributed by atoms with Crippen molar-refractivity contribution < 1.29 is 23.0 Å². The predicted octanol–water partition coefficient (Wildman–Crippen LogP) is 2.92. The van der Waals surface area contributed by atoms with Gasteiger partial charge in [0.15, 0.2) is 11.5 Å². The Labute approximate surface area is 114 Å². The molecule has 0 saturated carbocycles. The lowest BCUT2D eigenvalue weighted by atomic mass is 10.1. The van der Waals surface area contributed by atoms with Gasteiger partial charge in [0.25, 0.3) is 0 Å². The van der Waals surface area contributed by atoms with Gasteiger partial charge in [0.2, 0.25) is 5.78 Å². The fourth-order valence-corrected chi connectivity index (χ4v) is 1.70. The first-order valence-electron chi connectivity index (χ1n) is 5.71. The van der Waals surface area contributed by atoms with Gasteiger partial charge >= 0.3 is 6.61 Å². The molecule has 1 aromatic carbocycles. The van der Waals surface area contributed by atoms with Crippen LogP contribution in [0.3, 0.4) is 0 Å². The van der Waals surface area contributed by atoms with Crippen LogP contribution < -0.4 is 9.47 Å². The van der Waals surface area contributed by atoms with Crippen molar-refractivity contribution in [2.75, 3.05) is 7.11 Å². The molecule has 104 valence electrons. The van der Waals surface area contributed by atoms with Crippen LogP contribution in [-0.2, 0) is 0 Å². The van der Waals surface area contributed by atoms with E-state index < -0.39 is 12.4 Å². The summed E-state index contributed by atoms with van der Waals surface area (Å²) in [7, 11) is 1.31. The molecule has 0 saturated heterocycles. The summed E-state index contributed by atoms with van der Waals surface area (Å²) in [4.78, 5) is 16.2. The number of pyridine rings is 1. The van der Waals surface area contributed by atoms with Crippen molar-refractivity contribution in [3.63, 3.8) is 0 Å². The number of carbonyl (C=O) groups excluding carboxylic acids is 1. The lowest BCUT2D eigenvalue weighted by Gasteiger charge is -2.13. The molecule has 0 aliphatic rings. The van der Waals surface area contributed by atoms with Gasteiger partial charge in [-0.15, -0.1) is 0 Å². The Morgan fingerprint density at radius 1 is 1.20 bits per heavy atom. The van der Waals surface area contributed by atoms with E-state index in [1.165, 1.54) is 37.6 Å². The molecule has 0 fully saturated rings. The van der Waals surface area contributed by atoms with Crippen molar-refractivity contribution in [1.82, 2.24) is 4.98 Å². The lowest BCUT2D eigenvalue weighted by Crippen LogP contribution is -2.11. The first-order valence-corrected chi connectivity index (χ1v) is 5.71. The van der Waals surface area contributed by atoms with Gasteiger partial charge in [-0.25, -0.2) is 0 Å². The largest absolute Gasteiger partial charge is 0.493 e. The van der Waals surface area contributed by atoms with Crippen molar-refractivity contribution in [2.24, 2.45) is 0 Å². The number of hydrogen-bond acceptors (Lipinski definition) is 4. The van der Waals surface area contributed by atoms with Crippen LogP contribution in [0.25, 0.3) is 0 Å². The highest BCUT2D eigenvalue weighted by molar-refractivity contribution is 6.09. The topological polar surface area (TPSA) is 48.4 Å².